The van der Waals surface area contributed by atoms with Crippen LogP contribution in [-0.4, -0.2) is 16.8 Å². The Morgan fingerprint density at radius 2 is 1.00 bits per heavy atom. The Balaban J connectivity index is 2.06. The first kappa shape index (κ1) is 24.9. The van der Waals surface area contributed by atoms with Crippen LogP contribution >= 0.6 is 101 Å². The summed E-state index contributed by atoms with van der Waals surface area (Å²) in [6.07, 6.45) is 0. The van der Waals surface area contributed by atoms with Gasteiger partial charge in [-0.1, -0.05) is 46.4 Å². The van der Waals surface area contributed by atoms with Crippen LogP contribution in [0.25, 0.3) is 0 Å². The molecule has 0 fully saturated rings. The van der Waals surface area contributed by atoms with Gasteiger partial charge in [-0.15, -0.1) is 22.7 Å². The molecule has 0 saturated carbocycles. The minimum absolute atomic E-state index is 0.0366. The largest absolute Gasteiger partial charge is 0.277 e. The summed E-state index contributed by atoms with van der Waals surface area (Å²) >= 11 is 31.9. The molecule has 0 saturated heterocycles. The molecule has 1 aromatic carbocycles. The fourth-order valence-corrected chi connectivity index (χ4v) is 9.26. The number of nitrogens with one attached hydrogen (secondary N) is 2. The zero-order valence-corrected chi connectivity index (χ0v) is 23.3. The lowest BCUT2D eigenvalue weighted by Gasteiger charge is -2.15. The Bertz CT molecular complexity index is 1250. The third kappa shape index (κ3) is 5.41. The van der Waals surface area contributed by atoms with Crippen LogP contribution in [-0.2, 0) is 20.0 Å². The second-order valence-corrected chi connectivity index (χ2v) is 15.0. The van der Waals surface area contributed by atoms with Gasteiger partial charge >= 0.3 is 0 Å². The molecule has 0 aliphatic heterocycles. The standard InChI is InChI=1S/C14H6Br2Cl4N2O4S4/c15-5-1-7(21-29(23,24)9-3-11(17)27-13(9)19)8(2-6(5)16)22-30(25,26)10-4-12(18)28-14(10)20/h1-4,21-22H. The zero-order valence-electron chi connectivity index (χ0n) is 13.8. The minimum Gasteiger partial charge on any atom is -0.277 e. The fourth-order valence-electron chi connectivity index (χ4n) is 2.13. The smallest absolute Gasteiger partial charge is 0.264 e. The molecule has 0 aliphatic rings. The van der Waals surface area contributed by atoms with Gasteiger partial charge in [0.25, 0.3) is 20.0 Å². The number of hydrogen-bond acceptors (Lipinski definition) is 6. The monoisotopic (exact) mass is 692 g/mol. The van der Waals surface area contributed by atoms with E-state index in [1.807, 2.05) is 0 Å². The van der Waals surface area contributed by atoms with Gasteiger partial charge < -0.3 is 0 Å². The second-order valence-electron chi connectivity index (χ2n) is 5.40. The van der Waals surface area contributed by atoms with E-state index in [2.05, 4.69) is 41.3 Å². The van der Waals surface area contributed by atoms with Crippen LogP contribution in [0.5, 0.6) is 0 Å². The molecule has 30 heavy (non-hydrogen) atoms. The molecule has 3 aromatic rings. The second kappa shape index (κ2) is 9.24. The molecule has 0 bridgehead atoms. The summed E-state index contributed by atoms with van der Waals surface area (Å²) in [7, 11) is -8.34. The van der Waals surface area contributed by atoms with Crippen molar-refractivity contribution >= 4 is 132 Å². The summed E-state index contributed by atoms with van der Waals surface area (Å²) in [6, 6.07) is 5.15. The number of thiophene rings is 2. The third-order valence-electron chi connectivity index (χ3n) is 3.38. The highest BCUT2D eigenvalue weighted by atomic mass is 79.9. The lowest BCUT2D eigenvalue weighted by Crippen LogP contribution is -2.17. The highest BCUT2D eigenvalue weighted by Gasteiger charge is 2.26. The summed E-state index contributed by atoms with van der Waals surface area (Å²) in [5, 5.41) is 0. The summed E-state index contributed by atoms with van der Waals surface area (Å²) in [4.78, 5) is -0.473. The normalized spacial score (nSPS) is 12.2. The van der Waals surface area contributed by atoms with Gasteiger partial charge in [-0.3, -0.25) is 9.44 Å². The van der Waals surface area contributed by atoms with Gasteiger partial charge in [0, 0.05) is 8.95 Å². The van der Waals surface area contributed by atoms with Crippen molar-refractivity contribution in [2.75, 3.05) is 9.44 Å². The summed E-state index contributed by atoms with van der Waals surface area (Å²) < 4.78 is 57.0. The summed E-state index contributed by atoms with van der Waals surface area (Å²) in [5.41, 5.74) is -0.131. The summed E-state index contributed by atoms with van der Waals surface area (Å²) in [6.45, 7) is 0. The van der Waals surface area contributed by atoms with Crippen molar-refractivity contribution in [3.8, 4) is 0 Å². The Morgan fingerprint density at radius 1 is 0.667 bits per heavy atom. The van der Waals surface area contributed by atoms with Crippen LogP contribution in [0.4, 0.5) is 11.4 Å². The van der Waals surface area contributed by atoms with Gasteiger partial charge in [-0.2, -0.15) is 0 Å². The van der Waals surface area contributed by atoms with Crippen LogP contribution in [0.3, 0.4) is 0 Å². The lowest BCUT2D eigenvalue weighted by atomic mass is 10.3. The van der Waals surface area contributed by atoms with Gasteiger partial charge in [-0.05, 0) is 56.1 Å². The summed E-state index contributed by atoms with van der Waals surface area (Å²) in [5.74, 6) is 0. The molecular formula is C14H6Br2Cl4N2O4S4. The van der Waals surface area contributed by atoms with E-state index in [-0.39, 0.29) is 38.5 Å². The van der Waals surface area contributed by atoms with Gasteiger partial charge in [0.1, 0.15) is 18.5 Å². The molecule has 2 heterocycles. The first-order valence-corrected chi connectivity index (χ1v) is 14.9. The van der Waals surface area contributed by atoms with E-state index in [1.54, 1.807) is 0 Å². The predicted molar refractivity (Wildman–Crippen MR) is 132 cm³/mol. The van der Waals surface area contributed by atoms with Crippen molar-refractivity contribution in [1.29, 1.82) is 0 Å². The van der Waals surface area contributed by atoms with Crippen molar-refractivity contribution in [3.05, 3.63) is 50.6 Å². The zero-order chi connectivity index (χ0) is 22.4. The van der Waals surface area contributed by atoms with E-state index < -0.39 is 20.0 Å². The molecule has 0 spiro atoms. The fraction of sp³-hybridized carbons (Fsp3) is 0. The highest BCUT2D eigenvalue weighted by Crippen LogP contribution is 2.40. The molecule has 3 rings (SSSR count). The number of anilines is 2. The molecule has 16 heteroatoms. The molecule has 0 unspecified atom stereocenters. The van der Waals surface area contributed by atoms with Gasteiger partial charge in [-0.25, -0.2) is 16.8 Å². The van der Waals surface area contributed by atoms with Crippen LogP contribution in [0, 0.1) is 0 Å². The minimum atomic E-state index is -4.17. The van der Waals surface area contributed by atoms with Gasteiger partial charge in [0.2, 0.25) is 0 Å². The van der Waals surface area contributed by atoms with E-state index >= 15 is 0 Å². The van der Waals surface area contributed by atoms with Crippen LogP contribution in [0.2, 0.25) is 17.3 Å². The average molecular weight is 696 g/mol. The first-order chi connectivity index (χ1) is 13.8. The van der Waals surface area contributed by atoms with Gasteiger partial charge in [0.15, 0.2) is 0 Å². The van der Waals surface area contributed by atoms with Crippen LogP contribution < -0.4 is 9.44 Å². The van der Waals surface area contributed by atoms with E-state index in [1.165, 1.54) is 24.3 Å². The quantitative estimate of drug-likeness (QED) is 0.279. The Labute approximate surface area is 216 Å². The maximum atomic E-state index is 12.8. The SMILES string of the molecule is O=S(=O)(Nc1cc(Br)c(Br)cc1NS(=O)(=O)c1cc(Cl)sc1Cl)c1cc(Cl)sc1Cl. The Hall–Kier alpha value is 0.240. The molecule has 0 aliphatic carbocycles. The molecular weight excluding hydrogens is 690 g/mol. The van der Waals surface area contributed by atoms with Crippen molar-refractivity contribution in [2.45, 2.75) is 9.79 Å². The van der Waals surface area contributed by atoms with Gasteiger partial charge in [0.05, 0.1) is 20.0 Å². The van der Waals surface area contributed by atoms with Crippen molar-refractivity contribution in [1.82, 2.24) is 0 Å². The molecule has 162 valence electrons. The molecule has 6 nitrogen and oxygen atoms in total. The maximum Gasteiger partial charge on any atom is 0.264 e. The van der Waals surface area contributed by atoms with Crippen molar-refractivity contribution in [2.24, 2.45) is 0 Å². The number of hydrogen-bond donors (Lipinski definition) is 2. The number of halogens is 6. The molecule has 0 atom stereocenters. The highest BCUT2D eigenvalue weighted by molar-refractivity contribution is 9.13. The van der Waals surface area contributed by atoms with E-state index in [4.69, 9.17) is 46.4 Å². The number of rotatable bonds is 6. The first-order valence-electron chi connectivity index (χ1n) is 7.24. The average Bonchev–Trinajstić information content (AvgIpc) is 3.13. The lowest BCUT2D eigenvalue weighted by molar-refractivity contribution is 0.599. The molecule has 2 N–H and O–H groups in total. The van der Waals surface area contributed by atoms with Crippen LogP contribution in [0.15, 0.2) is 43.0 Å². The topological polar surface area (TPSA) is 92.3 Å². The van der Waals surface area contributed by atoms with Crippen molar-refractivity contribution < 1.29 is 16.8 Å². The molecule has 0 radical (unpaired) electrons. The predicted octanol–water partition coefficient (Wildman–Crippen LogP) is 7.55. The molecule has 2 aromatic heterocycles. The van der Waals surface area contributed by atoms with E-state index in [0.717, 1.165) is 22.7 Å². The third-order valence-corrected chi connectivity index (χ3v) is 11.5. The number of sulfonamides is 2. The van der Waals surface area contributed by atoms with Crippen LogP contribution in [0.1, 0.15) is 0 Å². The Morgan fingerprint density at radius 3 is 1.27 bits per heavy atom. The molecule has 0 amide bonds. The van der Waals surface area contributed by atoms with Crippen molar-refractivity contribution in [3.63, 3.8) is 0 Å². The van der Waals surface area contributed by atoms with E-state index in [9.17, 15) is 16.8 Å². The Kier molecular flexibility index (Phi) is 7.66. The maximum absolute atomic E-state index is 12.8. The van der Waals surface area contributed by atoms with E-state index in [0.29, 0.717) is 8.95 Å². The number of benzene rings is 1.